The molecule has 17 heavy (non-hydrogen) atoms. The van der Waals surface area contributed by atoms with Crippen molar-refractivity contribution in [1.82, 2.24) is 15.2 Å². The zero-order valence-corrected chi connectivity index (χ0v) is 11.6. The number of methoxy groups -OCH3 is 1. The quantitative estimate of drug-likeness (QED) is 0.605. The van der Waals surface area contributed by atoms with Gasteiger partial charge in [0.15, 0.2) is 0 Å². The third-order valence-electron chi connectivity index (χ3n) is 3.35. The van der Waals surface area contributed by atoms with E-state index in [0.717, 1.165) is 18.7 Å². The van der Waals surface area contributed by atoms with Gasteiger partial charge in [0.2, 0.25) is 0 Å². The molecule has 1 aromatic rings. The number of halogens is 1. The molecule has 0 amide bonds. The summed E-state index contributed by atoms with van der Waals surface area (Å²) in [5, 5.41) is 4.82. The third-order valence-corrected chi connectivity index (χ3v) is 3.64. The van der Waals surface area contributed by atoms with Crippen LogP contribution < -0.4 is 11.3 Å². The first-order chi connectivity index (χ1) is 8.03. The van der Waals surface area contributed by atoms with E-state index in [4.69, 9.17) is 22.2 Å². The van der Waals surface area contributed by atoms with Gasteiger partial charge in [0.25, 0.3) is 0 Å². The van der Waals surface area contributed by atoms with Crippen LogP contribution in [0.25, 0.3) is 0 Å². The van der Waals surface area contributed by atoms with Gasteiger partial charge in [0, 0.05) is 13.7 Å². The summed E-state index contributed by atoms with van der Waals surface area (Å²) >= 11 is 6.18. The number of ether oxygens (including phenoxy) is 1. The molecule has 2 unspecified atom stereocenters. The smallest absolute Gasteiger partial charge is 0.0930 e. The zero-order valence-electron chi connectivity index (χ0n) is 10.8. The topological polar surface area (TPSA) is 65.1 Å². The Morgan fingerprint density at radius 2 is 2.29 bits per heavy atom. The number of rotatable bonds is 6. The fourth-order valence-electron chi connectivity index (χ4n) is 1.92. The van der Waals surface area contributed by atoms with E-state index < -0.39 is 5.60 Å². The Kier molecular flexibility index (Phi) is 4.94. The van der Waals surface area contributed by atoms with Crippen LogP contribution >= 0.6 is 11.6 Å². The molecule has 6 heteroatoms. The van der Waals surface area contributed by atoms with E-state index in [9.17, 15) is 0 Å². The summed E-state index contributed by atoms with van der Waals surface area (Å²) in [6.07, 6.45) is 2.44. The summed E-state index contributed by atoms with van der Waals surface area (Å²) in [5.74, 6) is 5.66. The van der Waals surface area contributed by atoms with Crippen LogP contribution in [-0.2, 0) is 11.3 Å². The van der Waals surface area contributed by atoms with Crippen molar-refractivity contribution < 1.29 is 4.74 Å². The zero-order chi connectivity index (χ0) is 13.1. The molecule has 5 nitrogen and oxygen atoms in total. The van der Waals surface area contributed by atoms with Gasteiger partial charge in [-0.1, -0.05) is 18.5 Å². The lowest BCUT2D eigenvalue weighted by atomic mass is 9.91. The first-order valence-electron chi connectivity index (χ1n) is 5.76. The molecule has 0 saturated heterocycles. The Morgan fingerprint density at radius 3 is 2.71 bits per heavy atom. The lowest BCUT2D eigenvalue weighted by Gasteiger charge is -2.35. The standard InChI is InChI=1S/C11H21ClN4O/c1-5-11(3,17-4)10(15-13)9-8(12)7-14-16(9)6-2/h7,10,15H,5-6,13H2,1-4H3. The highest BCUT2D eigenvalue weighted by molar-refractivity contribution is 6.31. The predicted molar refractivity (Wildman–Crippen MR) is 68.7 cm³/mol. The molecule has 1 aromatic heterocycles. The van der Waals surface area contributed by atoms with Crippen molar-refractivity contribution in [3.63, 3.8) is 0 Å². The Morgan fingerprint density at radius 1 is 1.65 bits per heavy atom. The van der Waals surface area contributed by atoms with E-state index >= 15 is 0 Å². The van der Waals surface area contributed by atoms with E-state index in [0.29, 0.717) is 5.02 Å². The van der Waals surface area contributed by atoms with Gasteiger partial charge in [-0.3, -0.25) is 10.5 Å². The third kappa shape index (κ3) is 2.63. The van der Waals surface area contributed by atoms with Gasteiger partial charge in [-0.15, -0.1) is 0 Å². The number of aromatic nitrogens is 2. The predicted octanol–water partition coefficient (Wildman–Crippen LogP) is 1.88. The van der Waals surface area contributed by atoms with Crippen LogP contribution in [0, 0.1) is 0 Å². The van der Waals surface area contributed by atoms with E-state index in [1.54, 1.807) is 13.3 Å². The Bertz CT molecular complexity index is 362. The van der Waals surface area contributed by atoms with Gasteiger partial charge in [0.05, 0.1) is 28.6 Å². The fraction of sp³-hybridized carbons (Fsp3) is 0.727. The van der Waals surface area contributed by atoms with Gasteiger partial charge < -0.3 is 4.74 Å². The summed E-state index contributed by atoms with van der Waals surface area (Å²) in [4.78, 5) is 0. The maximum Gasteiger partial charge on any atom is 0.0930 e. The highest BCUT2D eigenvalue weighted by Gasteiger charge is 2.36. The van der Waals surface area contributed by atoms with E-state index in [-0.39, 0.29) is 6.04 Å². The minimum absolute atomic E-state index is 0.201. The molecule has 2 atom stereocenters. The van der Waals surface area contributed by atoms with Crippen LogP contribution in [-0.4, -0.2) is 22.5 Å². The highest BCUT2D eigenvalue weighted by Crippen LogP contribution is 2.34. The molecule has 0 radical (unpaired) electrons. The molecular formula is C11H21ClN4O. The van der Waals surface area contributed by atoms with E-state index in [2.05, 4.69) is 10.5 Å². The molecule has 0 saturated carbocycles. The second-order valence-electron chi connectivity index (χ2n) is 4.16. The lowest BCUT2D eigenvalue weighted by molar-refractivity contribution is -0.0322. The minimum Gasteiger partial charge on any atom is -0.376 e. The Hall–Kier alpha value is -0.620. The molecule has 0 bridgehead atoms. The van der Waals surface area contributed by atoms with Gasteiger partial charge in [-0.2, -0.15) is 5.10 Å². The van der Waals surface area contributed by atoms with Gasteiger partial charge in [-0.25, -0.2) is 5.43 Å². The number of hydrazine groups is 1. The molecular weight excluding hydrogens is 240 g/mol. The second kappa shape index (κ2) is 5.82. The summed E-state index contributed by atoms with van der Waals surface area (Å²) in [6, 6.07) is -0.201. The number of nitrogens with one attached hydrogen (secondary N) is 1. The van der Waals surface area contributed by atoms with Crippen LogP contribution in [0.2, 0.25) is 5.02 Å². The molecule has 0 aromatic carbocycles. The number of hydrogen-bond donors (Lipinski definition) is 2. The minimum atomic E-state index is -0.425. The van der Waals surface area contributed by atoms with Crippen molar-refractivity contribution in [2.45, 2.75) is 45.4 Å². The highest BCUT2D eigenvalue weighted by atomic mass is 35.5. The van der Waals surface area contributed by atoms with Crippen molar-refractivity contribution in [2.24, 2.45) is 5.84 Å². The average molecular weight is 261 g/mol. The number of nitrogens with two attached hydrogens (primary N) is 1. The van der Waals surface area contributed by atoms with Crippen molar-refractivity contribution in [1.29, 1.82) is 0 Å². The van der Waals surface area contributed by atoms with Crippen molar-refractivity contribution in [2.75, 3.05) is 7.11 Å². The Labute approximate surface area is 107 Å². The lowest BCUT2D eigenvalue weighted by Crippen LogP contribution is -2.46. The molecule has 0 aliphatic carbocycles. The summed E-state index contributed by atoms with van der Waals surface area (Å²) in [5.41, 5.74) is 3.23. The van der Waals surface area contributed by atoms with Crippen LogP contribution in [0.4, 0.5) is 0 Å². The second-order valence-corrected chi connectivity index (χ2v) is 4.57. The average Bonchev–Trinajstić information content (AvgIpc) is 2.71. The van der Waals surface area contributed by atoms with Crippen LogP contribution in [0.1, 0.15) is 38.9 Å². The van der Waals surface area contributed by atoms with Crippen molar-refractivity contribution in [3.8, 4) is 0 Å². The molecule has 98 valence electrons. The SMILES string of the molecule is CCn1ncc(Cl)c1C(NN)C(C)(CC)OC. The fourth-order valence-corrected chi connectivity index (χ4v) is 2.17. The number of nitrogens with zero attached hydrogens (tertiary/aromatic N) is 2. The Balaban J connectivity index is 3.21. The molecule has 0 aliphatic heterocycles. The number of hydrogen-bond acceptors (Lipinski definition) is 4. The molecule has 0 spiro atoms. The monoisotopic (exact) mass is 260 g/mol. The number of aryl methyl sites for hydroxylation is 1. The van der Waals surface area contributed by atoms with E-state index in [1.807, 2.05) is 25.5 Å². The van der Waals surface area contributed by atoms with Crippen LogP contribution in [0.15, 0.2) is 6.20 Å². The van der Waals surface area contributed by atoms with Crippen LogP contribution in [0.3, 0.4) is 0 Å². The van der Waals surface area contributed by atoms with Crippen molar-refractivity contribution >= 4 is 11.6 Å². The first kappa shape index (κ1) is 14.4. The maximum absolute atomic E-state index is 6.18. The maximum atomic E-state index is 6.18. The van der Waals surface area contributed by atoms with E-state index in [1.165, 1.54) is 0 Å². The van der Waals surface area contributed by atoms with Crippen LogP contribution in [0.5, 0.6) is 0 Å². The molecule has 1 heterocycles. The first-order valence-corrected chi connectivity index (χ1v) is 6.14. The molecule has 1 rings (SSSR count). The molecule has 0 aliphatic rings. The van der Waals surface area contributed by atoms with Crippen molar-refractivity contribution in [3.05, 3.63) is 16.9 Å². The van der Waals surface area contributed by atoms with Gasteiger partial charge in [-0.05, 0) is 20.3 Å². The van der Waals surface area contributed by atoms with Gasteiger partial charge >= 0.3 is 0 Å². The van der Waals surface area contributed by atoms with Gasteiger partial charge in [0.1, 0.15) is 0 Å². The summed E-state index contributed by atoms with van der Waals surface area (Å²) in [6.45, 7) is 6.80. The largest absolute Gasteiger partial charge is 0.376 e. The summed E-state index contributed by atoms with van der Waals surface area (Å²) in [7, 11) is 1.67. The summed E-state index contributed by atoms with van der Waals surface area (Å²) < 4.78 is 7.41. The normalized spacial score (nSPS) is 16.8. The molecule has 0 fully saturated rings. The molecule has 3 N–H and O–H groups in total.